The van der Waals surface area contributed by atoms with Crippen molar-refractivity contribution in [3.8, 4) is 0 Å². The van der Waals surface area contributed by atoms with Crippen LogP contribution in [0.4, 0.5) is 5.69 Å². The molecule has 0 saturated carbocycles. The van der Waals surface area contributed by atoms with Gasteiger partial charge in [0.25, 0.3) is 0 Å². The fourth-order valence-electron chi connectivity index (χ4n) is 5.71. The molecule has 2 aliphatic heterocycles. The van der Waals surface area contributed by atoms with Crippen molar-refractivity contribution in [3.63, 3.8) is 0 Å². The number of fused-ring (bicyclic) bond motifs is 1. The topological polar surface area (TPSA) is 42.6 Å². The second-order valence-electron chi connectivity index (χ2n) is 9.56. The third-order valence-corrected chi connectivity index (χ3v) is 7.56. The summed E-state index contributed by atoms with van der Waals surface area (Å²) in [5, 5.41) is 1.27. The van der Waals surface area contributed by atoms with E-state index in [0.717, 1.165) is 51.3 Å². The molecule has 174 valence electrons. The number of carbonyl (C=O) groups is 1. The van der Waals surface area contributed by atoms with Crippen LogP contribution in [0.15, 0.2) is 60.8 Å². The van der Waals surface area contributed by atoms with Crippen molar-refractivity contribution in [2.24, 2.45) is 0 Å². The predicted molar refractivity (Wildman–Crippen MR) is 136 cm³/mol. The maximum absolute atomic E-state index is 12.2. The number of benzene rings is 2. The number of rotatable bonds is 7. The molecule has 5 rings (SSSR count). The second kappa shape index (κ2) is 10.5. The highest BCUT2D eigenvalue weighted by molar-refractivity contribution is 5.91. The molecule has 2 saturated heterocycles. The van der Waals surface area contributed by atoms with Crippen LogP contribution in [0.25, 0.3) is 10.9 Å². The van der Waals surface area contributed by atoms with E-state index in [1.54, 1.807) is 0 Å². The molecule has 0 radical (unpaired) electrons. The molecule has 2 aliphatic rings. The first-order chi connectivity index (χ1) is 16.3. The molecule has 2 unspecified atom stereocenters. The van der Waals surface area contributed by atoms with Crippen molar-refractivity contribution in [2.45, 2.75) is 44.2 Å². The van der Waals surface area contributed by atoms with Crippen LogP contribution < -0.4 is 4.90 Å². The van der Waals surface area contributed by atoms with Gasteiger partial charge in [0.15, 0.2) is 0 Å². The first-order valence-corrected chi connectivity index (χ1v) is 12.6. The van der Waals surface area contributed by atoms with E-state index in [9.17, 15) is 4.79 Å². The summed E-state index contributed by atoms with van der Waals surface area (Å²) >= 11 is 0. The standard InChI is InChI=1S/C28H36N4O/c33-22-25(23-9-4-3-5-10-23)21-27(31-15-6-1-2-7-16-31)32-19-17-30(18-20-32)26-12-8-11-24-13-14-29-28(24)26/h3-5,8-14,22,25,27,29H,1-2,6-7,15-21H2. The number of aromatic amines is 1. The normalized spacial score (nSPS) is 20.4. The average molecular weight is 445 g/mol. The highest BCUT2D eigenvalue weighted by atomic mass is 16.1. The number of hydrogen-bond donors (Lipinski definition) is 1. The summed E-state index contributed by atoms with van der Waals surface area (Å²) in [5.74, 6) is -0.0508. The van der Waals surface area contributed by atoms with Crippen molar-refractivity contribution in [1.29, 1.82) is 0 Å². The largest absolute Gasteiger partial charge is 0.367 e. The number of para-hydroxylation sites is 1. The number of anilines is 1. The van der Waals surface area contributed by atoms with Crippen molar-refractivity contribution < 1.29 is 4.79 Å². The van der Waals surface area contributed by atoms with Gasteiger partial charge in [0, 0.05) is 43.7 Å². The Morgan fingerprint density at radius 1 is 0.788 bits per heavy atom. The monoisotopic (exact) mass is 444 g/mol. The maximum atomic E-state index is 12.2. The molecule has 0 spiro atoms. The number of aldehydes is 1. The zero-order valence-corrected chi connectivity index (χ0v) is 19.5. The SMILES string of the molecule is O=CC(CC(N1CCCCCC1)N1CCN(c2cccc3cc[nH]c23)CC1)c1ccccc1. The van der Waals surface area contributed by atoms with E-state index >= 15 is 0 Å². The maximum Gasteiger partial charge on any atom is 0.127 e. The first-order valence-electron chi connectivity index (χ1n) is 12.6. The van der Waals surface area contributed by atoms with Gasteiger partial charge in [-0.1, -0.05) is 55.3 Å². The van der Waals surface area contributed by atoms with Crippen LogP contribution in [-0.4, -0.2) is 66.5 Å². The summed E-state index contributed by atoms with van der Waals surface area (Å²) in [6.07, 6.45) is 9.58. The number of hydrogen-bond acceptors (Lipinski definition) is 4. The number of nitrogens with zero attached hydrogens (tertiary/aromatic N) is 3. The minimum atomic E-state index is -0.0508. The van der Waals surface area contributed by atoms with Gasteiger partial charge in [-0.15, -0.1) is 0 Å². The summed E-state index contributed by atoms with van der Waals surface area (Å²) in [5.41, 5.74) is 3.68. The zero-order valence-electron chi connectivity index (χ0n) is 19.5. The Hall–Kier alpha value is -2.63. The number of nitrogens with one attached hydrogen (secondary N) is 1. The molecule has 2 fully saturated rings. The second-order valence-corrected chi connectivity index (χ2v) is 9.56. The zero-order chi connectivity index (χ0) is 22.5. The summed E-state index contributed by atoms with van der Waals surface area (Å²) < 4.78 is 0. The third kappa shape index (κ3) is 4.99. The van der Waals surface area contributed by atoms with E-state index in [1.807, 2.05) is 24.4 Å². The van der Waals surface area contributed by atoms with Crippen molar-refractivity contribution in [2.75, 3.05) is 44.2 Å². The molecule has 33 heavy (non-hydrogen) atoms. The van der Waals surface area contributed by atoms with Crippen LogP contribution in [0.3, 0.4) is 0 Å². The lowest BCUT2D eigenvalue weighted by Gasteiger charge is -2.45. The molecule has 3 aromatic rings. The highest BCUT2D eigenvalue weighted by Crippen LogP contribution is 2.29. The number of likely N-dealkylation sites (tertiary alicyclic amines) is 1. The van der Waals surface area contributed by atoms with Crippen molar-refractivity contribution in [1.82, 2.24) is 14.8 Å². The number of H-pyrrole nitrogens is 1. The van der Waals surface area contributed by atoms with Crippen molar-refractivity contribution in [3.05, 3.63) is 66.4 Å². The van der Waals surface area contributed by atoms with E-state index < -0.39 is 0 Å². The minimum absolute atomic E-state index is 0.0508. The van der Waals surface area contributed by atoms with E-state index in [4.69, 9.17) is 0 Å². The van der Waals surface area contributed by atoms with Crippen LogP contribution in [0.1, 0.15) is 43.6 Å². The lowest BCUT2D eigenvalue weighted by Crippen LogP contribution is -2.56. The molecule has 0 bridgehead atoms. The van der Waals surface area contributed by atoms with Crippen LogP contribution in [0, 0.1) is 0 Å². The average Bonchev–Trinajstić information content (AvgIpc) is 3.20. The molecule has 0 aliphatic carbocycles. The van der Waals surface area contributed by atoms with E-state index in [0.29, 0.717) is 6.17 Å². The van der Waals surface area contributed by atoms with Gasteiger partial charge >= 0.3 is 0 Å². The Morgan fingerprint density at radius 3 is 2.24 bits per heavy atom. The number of carbonyl (C=O) groups excluding carboxylic acids is 1. The fourth-order valence-corrected chi connectivity index (χ4v) is 5.71. The first kappa shape index (κ1) is 22.2. The summed E-state index contributed by atoms with van der Waals surface area (Å²) in [6.45, 7) is 6.37. The molecule has 5 nitrogen and oxygen atoms in total. The predicted octanol–water partition coefficient (Wildman–Crippen LogP) is 4.86. The van der Waals surface area contributed by atoms with Gasteiger partial charge in [-0.25, -0.2) is 0 Å². The molecular formula is C28H36N4O. The Balaban J connectivity index is 1.33. The molecule has 1 aromatic heterocycles. The number of piperazine rings is 1. The fraction of sp³-hybridized carbons (Fsp3) is 0.464. The van der Waals surface area contributed by atoms with E-state index in [2.05, 4.69) is 56.1 Å². The summed E-state index contributed by atoms with van der Waals surface area (Å²) in [7, 11) is 0. The highest BCUT2D eigenvalue weighted by Gasteiger charge is 2.31. The van der Waals surface area contributed by atoms with Crippen LogP contribution in [0.2, 0.25) is 0 Å². The molecule has 3 heterocycles. The molecule has 5 heteroatoms. The summed E-state index contributed by atoms with van der Waals surface area (Å²) in [6, 6.07) is 19.0. The van der Waals surface area contributed by atoms with Gasteiger partial charge in [-0.2, -0.15) is 0 Å². The minimum Gasteiger partial charge on any atom is -0.367 e. The van der Waals surface area contributed by atoms with Gasteiger partial charge in [-0.05, 0) is 50.0 Å². The van der Waals surface area contributed by atoms with Gasteiger partial charge in [0.05, 0.1) is 17.4 Å². The Kier molecular flexibility index (Phi) is 7.08. The summed E-state index contributed by atoms with van der Waals surface area (Å²) in [4.78, 5) is 23.4. The van der Waals surface area contributed by atoms with E-state index in [-0.39, 0.29) is 5.92 Å². The van der Waals surface area contributed by atoms with E-state index in [1.165, 1.54) is 48.6 Å². The van der Waals surface area contributed by atoms with Crippen molar-refractivity contribution >= 4 is 22.9 Å². The molecule has 2 aromatic carbocycles. The molecule has 1 N–H and O–H groups in total. The molecular weight excluding hydrogens is 408 g/mol. The van der Waals surface area contributed by atoms with Crippen LogP contribution in [-0.2, 0) is 4.79 Å². The quantitative estimate of drug-likeness (QED) is 0.528. The van der Waals surface area contributed by atoms with Crippen LogP contribution >= 0.6 is 0 Å². The lowest BCUT2D eigenvalue weighted by atomic mass is 9.94. The number of aromatic nitrogens is 1. The van der Waals surface area contributed by atoms with Crippen LogP contribution in [0.5, 0.6) is 0 Å². The Labute approximate surface area is 197 Å². The Bertz CT molecular complexity index is 1020. The van der Waals surface area contributed by atoms with Gasteiger partial charge in [0.1, 0.15) is 6.29 Å². The van der Waals surface area contributed by atoms with Gasteiger partial charge in [-0.3, -0.25) is 9.80 Å². The third-order valence-electron chi connectivity index (χ3n) is 7.56. The lowest BCUT2D eigenvalue weighted by molar-refractivity contribution is -0.110. The Morgan fingerprint density at radius 2 is 1.52 bits per heavy atom. The molecule has 0 amide bonds. The molecule has 2 atom stereocenters. The smallest absolute Gasteiger partial charge is 0.127 e. The van der Waals surface area contributed by atoms with Gasteiger partial charge < -0.3 is 14.7 Å². The van der Waals surface area contributed by atoms with Gasteiger partial charge in [0.2, 0.25) is 0 Å².